The van der Waals surface area contributed by atoms with Crippen molar-refractivity contribution in [3.8, 4) is 11.1 Å². The van der Waals surface area contributed by atoms with Crippen molar-refractivity contribution in [1.29, 1.82) is 0 Å². The van der Waals surface area contributed by atoms with Crippen LogP contribution in [0.5, 0.6) is 0 Å². The maximum atomic E-state index is 14.7. The number of rotatable bonds is 8. The molecule has 3 aromatic rings. The fraction of sp³-hybridized carbons (Fsp3) is 0.333. The number of amides is 1. The minimum atomic E-state index is -0.423. The van der Waals surface area contributed by atoms with Crippen LogP contribution in [0.3, 0.4) is 0 Å². The molecule has 38 heavy (non-hydrogen) atoms. The van der Waals surface area contributed by atoms with Crippen LogP contribution < -0.4 is 9.80 Å². The summed E-state index contributed by atoms with van der Waals surface area (Å²) in [7, 11) is 4.05. The lowest BCUT2D eigenvalue weighted by molar-refractivity contribution is -0.124. The number of carbonyl (C=O) groups excluding carboxylic acids is 2. The van der Waals surface area contributed by atoms with E-state index < -0.39 is 5.82 Å². The van der Waals surface area contributed by atoms with E-state index in [2.05, 4.69) is 41.3 Å². The minimum absolute atomic E-state index is 0.0114. The van der Waals surface area contributed by atoms with Gasteiger partial charge in [0.15, 0.2) is 5.78 Å². The third-order valence-electron chi connectivity index (χ3n) is 8.06. The average molecular weight is 511 g/mol. The average Bonchev–Trinajstić information content (AvgIpc) is 3.54. The molecule has 0 radical (unpaired) electrons. The first-order valence-electron chi connectivity index (χ1n) is 13.4. The lowest BCUT2D eigenvalue weighted by atomic mass is 9.87. The van der Waals surface area contributed by atoms with Crippen molar-refractivity contribution < 1.29 is 14.0 Å². The second-order valence-electron chi connectivity index (χ2n) is 11.0. The molecule has 196 valence electrons. The molecule has 1 unspecified atom stereocenters. The van der Waals surface area contributed by atoms with Crippen LogP contribution in [0, 0.1) is 23.6 Å². The second kappa shape index (κ2) is 10.9. The summed E-state index contributed by atoms with van der Waals surface area (Å²) in [4.78, 5) is 29.2. The van der Waals surface area contributed by atoms with E-state index in [-0.39, 0.29) is 17.6 Å². The lowest BCUT2D eigenvalue weighted by Crippen LogP contribution is -2.38. The number of anilines is 2. The Morgan fingerprint density at radius 2 is 1.58 bits per heavy atom. The van der Waals surface area contributed by atoms with Gasteiger partial charge in [0.25, 0.3) is 0 Å². The maximum absolute atomic E-state index is 14.7. The Morgan fingerprint density at radius 3 is 2.16 bits per heavy atom. The summed E-state index contributed by atoms with van der Waals surface area (Å²) in [5.41, 5.74) is 5.46. The molecule has 0 aromatic heterocycles. The van der Waals surface area contributed by atoms with Gasteiger partial charge in [-0.05, 0) is 96.7 Å². The van der Waals surface area contributed by atoms with Crippen LogP contribution in [0.1, 0.15) is 43.7 Å². The Balaban J connectivity index is 1.43. The molecule has 0 N–H and O–H groups in total. The second-order valence-corrected chi connectivity index (χ2v) is 11.0. The van der Waals surface area contributed by atoms with Crippen molar-refractivity contribution in [3.05, 3.63) is 89.8 Å². The highest BCUT2D eigenvalue weighted by molar-refractivity contribution is 5.96. The molecule has 5 rings (SSSR count). The molecule has 0 spiro atoms. The van der Waals surface area contributed by atoms with E-state index in [9.17, 15) is 14.0 Å². The number of hydrogen-bond acceptors (Lipinski definition) is 3. The van der Waals surface area contributed by atoms with Gasteiger partial charge in [-0.3, -0.25) is 9.59 Å². The van der Waals surface area contributed by atoms with Crippen molar-refractivity contribution >= 4 is 29.1 Å². The van der Waals surface area contributed by atoms with E-state index in [1.54, 1.807) is 17.0 Å². The summed E-state index contributed by atoms with van der Waals surface area (Å²) in [5.74, 6) is 0.592. The number of ketones is 1. The molecule has 3 atom stereocenters. The van der Waals surface area contributed by atoms with Gasteiger partial charge in [0, 0.05) is 31.4 Å². The Kier molecular flexibility index (Phi) is 7.46. The number of halogens is 1. The molecule has 0 saturated heterocycles. The molecule has 3 aromatic carbocycles. The molecule has 4 nitrogen and oxygen atoms in total. The Morgan fingerprint density at radius 1 is 0.895 bits per heavy atom. The van der Waals surface area contributed by atoms with E-state index in [0.29, 0.717) is 29.6 Å². The van der Waals surface area contributed by atoms with Gasteiger partial charge in [-0.1, -0.05) is 48.9 Å². The Bertz CT molecular complexity index is 1340. The molecule has 2 bridgehead atoms. The molecule has 1 amide bonds. The summed E-state index contributed by atoms with van der Waals surface area (Å²) in [6.45, 7) is 1.83. The third kappa shape index (κ3) is 5.72. The van der Waals surface area contributed by atoms with Crippen LogP contribution in [-0.4, -0.2) is 25.8 Å². The van der Waals surface area contributed by atoms with Gasteiger partial charge in [0.05, 0.1) is 6.54 Å². The molecule has 0 aliphatic heterocycles. The topological polar surface area (TPSA) is 40.6 Å². The predicted molar refractivity (Wildman–Crippen MR) is 152 cm³/mol. The number of hydrogen-bond donors (Lipinski definition) is 0. The highest BCUT2D eigenvalue weighted by atomic mass is 19.1. The summed E-state index contributed by atoms with van der Waals surface area (Å²) in [6, 6.07) is 21.3. The first kappa shape index (κ1) is 25.9. The van der Waals surface area contributed by atoms with Gasteiger partial charge in [-0.15, -0.1) is 0 Å². The van der Waals surface area contributed by atoms with Crippen molar-refractivity contribution in [3.63, 3.8) is 0 Å². The molecular formula is C33H35FN2O2. The highest BCUT2D eigenvalue weighted by Gasteiger charge is 2.44. The van der Waals surface area contributed by atoms with E-state index in [0.717, 1.165) is 41.6 Å². The molecule has 2 aliphatic rings. The van der Waals surface area contributed by atoms with Crippen LogP contribution >= 0.6 is 0 Å². The summed E-state index contributed by atoms with van der Waals surface area (Å²) < 4.78 is 14.7. The number of nitrogens with zero attached hydrogens (tertiary/aromatic N) is 2. The van der Waals surface area contributed by atoms with Crippen molar-refractivity contribution in [1.82, 2.24) is 0 Å². The van der Waals surface area contributed by atoms with Crippen molar-refractivity contribution in [2.45, 2.75) is 39.2 Å². The quantitative estimate of drug-likeness (QED) is 0.303. The summed E-state index contributed by atoms with van der Waals surface area (Å²) in [5, 5.41) is 0. The first-order chi connectivity index (χ1) is 18.3. The largest absolute Gasteiger partial charge is 0.378 e. The van der Waals surface area contributed by atoms with Gasteiger partial charge in [0.2, 0.25) is 5.91 Å². The van der Waals surface area contributed by atoms with Crippen LogP contribution in [0.4, 0.5) is 15.8 Å². The van der Waals surface area contributed by atoms with Crippen molar-refractivity contribution in [2.75, 3.05) is 23.9 Å². The van der Waals surface area contributed by atoms with Crippen LogP contribution in [0.25, 0.3) is 17.2 Å². The summed E-state index contributed by atoms with van der Waals surface area (Å²) in [6.07, 6.45) is 7.39. The molecule has 0 heterocycles. The van der Waals surface area contributed by atoms with E-state index >= 15 is 0 Å². The van der Waals surface area contributed by atoms with E-state index in [1.807, 2.05) is 26.2 Å². The molecule has 5 heteroatoms. The zero-order chi connectivity index (χ0) is 26.8. The maximum Gasteiger partial charge on any atom is 0.230 e. The number of benzene rings is 3. The number of carbonyl (C=O) groups is 2. The monoisotopic (exact) mass is 510 g/mol. The normalized spacial score (nSPS) is 20.2. The predicted octanol–water partition coefficient (Wildman–Crippen LogP) is 7.13. The van der Waals surface area contributed by atoms with E-state index in [1.165, 1.54) is 31.6 Å². The standard InChI is InChI=1S/C33H35FN2O2/c1-22(37)4-5-25-17-29(34)20-31(18-25)36(33(38)32-19-24-8-11-28(32)16-24)21-23-6-9-26(10-7-23)27-12-14-30(15-13-27)35(2)3/h4-7,9-10,12-15,17-18,20,24,28,32H,8,11,16,19,21H2,1-3H3/b5-4+/t24-,28+,32?/m0/s1. The zero-order valence-electron chi connectivity index (χ0n) is 22.4. The smallest absolute Gasteiger partial charge is 0.230 e. The van der Waals surface area contributed by atoms with E-state index in [4.69, 9.17) is 0 Å². The SMILES string of the molecule is CC(=O)/C=C/c1cc(F)cc(N(Cc2ccc(-c3ccc(N(C)C)cc3)cc2)C(=O)C2C[C@H]3CC[C@@H]2C3)c1. The fourth-order valence-corrected chi connectivity index (χ4v) is 6.04. The van der Waals surface area contributed by atoms with Crippen LogP contribution in [0.2, 0.25) is 0 Å². The zero-order valence-corrected chi connectivity index (χ0v) is 22.4. The molecule has 2 saturated carbocycles. The van der Waals surface area contributed by atoms with Gasteiger partial charge in [-0.2, -0.15) is 0 Å². The fourth-order valence-electron chi connectivity index (χ4n) is 6.04. The minimum Gasteiger partial charge on any atom is -0.378 e. The lowest BCUT2D eigenvalue weighted by Gasteiger charge is -2.30. The third-order valence-corrected chi connectivity index (χ3v) is 8.06. The molecule has 2 fully saturated rings. The first-order valence-corrected chi connectivity index (χ1v) is 13.4. The van der Waals surface area contributed by atoms with Crippen LogP contribution in [-0.2, 0) is 16.1 Å². The Labute approximate surface area is 224 Å². The summed E-state index contributed by atoms with van der Waals surface area (Å²) >= 11 is 0. The van der Waals surface area contributed by atoms with Gasteiger partial charge in [-0.25, -0.2) is 4.39 Å². The van der Waals surface area contributed by atoms with Gasteiger partial charge >= 0.3 is 0 Å². The van der Waals surface area contributed by atoms with Gasteiger partial charge in [0.1, 0.15) is 5.82 Å². The number of fused-ring (bicyclic) bond motifs is 2. The highest BCUT2D eigenvalue weighted by Crippen LogP contribution is 2.49. The molecular weight excluding hydrogens is 475 g/mol. The van der Waals surface area contributed by atoms with Crippen molar-refractivity contribution in [2.24, 2.45) is 17.8 Å². The van der Waals surface area contributed by atoms with Crippen LogP contribution in [0.15, 0.2) is 72.8 Å². The van der Waals surface area contributed by atoms with Gasteiger partial charge < -0.3 is 9.80 Å². The number of allylic oxidation sites excluding steroid dienone is 1. The molecule has 2 aliphatic carbocycles. The Hall–Kier alpha value is -3.73.